The van der Waals surface area contributed by atoms with Gasteiger partial charge in [0.15, 0.2) is 0 Å². The molecule has 5 nitrogen and oxygen atoms in total. The van der Waals surface area contributed by atoms with Crippen molar-refractivity contribution < 1.29 is 8.78 Å². The molecule has 2 saturated heterocycles. The van der Waals surface area contributed by atoms with Crippen molar-refractivity contribution in [2.75, 3.05) is 36.8 Å². The highest BCUT2D eigenvalue weighted by Crippen LogP contribution is 2.40. The Bertz CT molecular complexity index is 1120. The average molecular weight is 492 g/mol. The predicted molar refractivity (Wildman–Crippen MR) is 141 cm³/mol. The fourth-order valence-electron chi connectivity index (χ4n) is 6.01. The van der Waals surface area contributed by atoms with Crippen LogP contribution in [0.15, 0.2) is 54.9 Å². The van der Waals surface area contributed by atoms with Gasteiger partial charge in [0, 0.05) is 13.1 Å². The van der Waals surface area contributed by atoms with Gasteiger partial charge in [0.2, 0.25) is 0 Å². The van der Waals surface area contributed by atoms with Crippen LogP contribution in [-0.4, -0.2) is 36.1 Å². The molecular formula is C29H35F2N5. The third-order valence-corrected chi connectivity index (χ3v) is 8.04. The summed E-state index contributed by atoms with van der Waals surface area (Å²) in [6.45, 7) is 3.95. The van der Waals surface area contributed by atoms with E-state index in [0.717, 1.165) is 68.3 Å². The monoisotopic (exact) mass is 491 g/mol. The highest BCUT2D eigenvalue weighted by molar-refractivity contribution is 5.84. The van der Waals surface area contributed by atoms with Crippen LogP contribution in [0, 0.1) is 23.5 Å². The first-order chi connectivity index (χ1) is 17.6. The SMILES string of the molecule is Nc1ncnc(N2CCC(C(CCC3CCNCC3)c3ccc(F)cc3)CC2)c1-c1ccc(F)cc1. The van der Waals surface area contributed by atoms with Crippen molar-refractivity contribution in [1.29, 1.82) is 0 Å². The second-order valence-corrected chi connectivity index (χ2v) is 10.2. The smallest absolute Gasteiger partial charge is 0.142 e. The molecular weight excluding hydrogens is 456 g/mol. The molecule has 2 aromatic carbocycles. The van der Waals surface area contributed by atoms with Crippen LogP contribution >= 0.6 is 0 Å². The number of piperidine rings is 2. The lowest BCUT2D eigenvalue weighted by Crippen LogP contribution is -2.37. The molecule has 0 saturated carbocycles. The summed E-state index contributed by atoms with van der Waals surface area (Å²) in [6, 6.07) is 13.5. The molecule has 1 atom stereocenters. The minimum absolute atomic E-state index is 0.180. The molecule has 3 heterocycles. The van der Waals surface area contributed by atoms with E-state index in [-0.39, 0.29) is 11.6 Å². The quantitative estimate of drug-likeness (QED) is 0.438. The third-order valence-electron chi connectivity index (χ3n) is 8.04. The molecule has 0 bridgehead atoms. The fraction of sp³-hybridized carbons (Fsp3) is 0.448. The van der Waals surface area contributed by atoms with Crippen molar-refractivity contribution in [3.63, 3.8) is 0 Å². The van der Waals surface area contributed by atoms with Gasteiger partial charge >= 0.3 is 0 Å². The molecule has 2 aliphatic heterocycles. The van der Waals surface area contributed by atoms with Crippen LogP contribution in [0.1, 0.15) is 50.0 Å². The predicted octanol–water partition coefficient (Wildman–Crippen LogP) is 5.78. The number of hydrogen-bond donors (Lipinski definition) is 2. The molecule has 3 N–H and O–H groups in total. The van der Waals surface area contributed by atoms with Gasteiger partial charge in [-0.3, -0.25) is 0 Å². The van der Waals surface area contributed by atoms with Gasteiger partial charge in [-0.25, -0.2) is 18.7 Å². The van der Waals surface area contributed by atoms with Crippen molar-refractivity contribution in [2.24, 2.45) is 11.8 Å². The summed E-state index contributed by atoms with van der Waals surface area (Å²) in [7, 11) is 0. The number of nitrogens with zero attached hydrogens (tertiary/aromatic N) is 3. The molecule has 0 amide bonds. The number of hydrogen-bond acceptors (Lipinski definition) is 5. The van der Waals surface area contributed by atoms with Crippen molar-refractivity contribution >= 4 is 11.6 Å². The third kappa shape index (κ3) is 5.67. The van der Waals surface area contributed by atoms with Crippen molar-refractivity contribution in [1.82, 2.24) is 15.3 Å². The van der Waals surface area contributed by atoms with Gasteiger partial charge in [-0.05, 0) is 105 Å². The normalized spacial score (nSPS) is 18.3. The number of rotatable bonds is 7. The van der Waals surface area contributed by atoms with Crippen LogP contribution in [0.25, 0.3) is 11.1 Å². The summed E-state index contributed by atoms with van der Waals surface area (Å²) in [5, 5.41) is 3.46. The fourth-order valence-corrected chi connectivity index (χ4v) is 6.01. The van der Waals surface area contributed by atoms with Crippen molar-refractivity contribution in [3.8, 4) is 11.1 Å². The first-order valence-electron chi connectivity index (χ1n) is 13.2. The topological polar surface area (TPSA) is 67.1 Å². The van der Waals surface area contributed by atoms with E-state index < -0.39 is 0 Å². The number of benzene rings is 2. The maximum absolute atomic E-state index is 13.7. The lowest BCUT2D eigenvalue weighted by Gasteiger charge is -2.38. The summed E-state index contributed by atoms with van der Waals surface area (Å²) >= 11 is 0. The number of aromatic nitrogens is 2. The van der Waals surface area contributed by atoms with E-state index in [9.17, 15) is 8.78 Å². The molecule has 3 aromatic rings. The lowest BCUT2D eigenvalue weighted by atomic mass is 9.75. The molecule has 2 aliphatic rings. The van der Waals surface area contributed by atoms with E-state index in [2.05, 4.69) is 20.2 Å². The van der Waals surface area contributed by atoms with Crippen LogP contribution in [0.4, 0.5) is 20.4 Å². The van der Waals surface area contributed by atoms with Gasteiger partial charge in [0.25, 0.3) is 0 Å². The first kappa shape index (κ1) is 24.6. The largest absolute Gasteiger partial charge is 0.383 e. The molecule has 0 spiro atoms. The van der Waals surface area contributed by atoms with E-state index in [0.29, 0.717) is 17.7 Å². The molecule has 7 heteroatoms. The van der Waals surface area contributed by atoms with Gasteiger partial charge in [-0.1, -0.05) is 24.3 Å². The molecule has 0 aliphatic carbocycles. The minimum atomic E-state index is -0.284. The standard InChI is InChI=1S/C29H35F2N5/c30-24-6-2-21(3-7-24)26(10-1-20-11-15-33-16-12-20)22-13-17-36(18-14-22)29-27(28(32)34-19-35-29)23-4-8-25(31)9-5-23/h2-9,19-20,22,26,33H,1,10-18H2,(H2,32,34,35). The average Bonchev–Trinajstić information content (AvgIpc) is 2.91. The van der Waals surface area contributed by atoms with E-state index in [1.165, 1.54) is 43.3 Å². The van der Waals surface area contributed by atoms with Crippen LogP contribution in [-0.2, 0) is 0 Å². The Hall–Kier alpha value is -3.06. The van der Waals surface area contributed by atoms with Crippen LogP contribution in [0.2, 0.25) is 0 Å². The maximum atomic E-state index is 13.7. The molecule has 2 fully saturated rings. The van der Waals surface area contributed by atoms with E-state index >= 15 is 0 Å². The van der Waals surface area contributed by atoms with Gasteiger partial charge in [0.1, 0.15) is 29.6 Å². The number of nitrogen functional groups attached to an aromatic ring is 1. The molecule has 0 radical (unpaired) electrons. The van der Waals surface area contributed by atoms with Crippen molar-refractivity contribution in [2.45, 2.75) is 44.4 Å². The number of nitrogens with two attached hydrogens (primary N) is 1. The number of anilines is 2. The Morgan fingerprint density at radius 3 is 2.19 bits per heavy atom. The highest BCUT2D eigenvalue weighted by Gasteiger charge is 2.30. The second-order valence-electron chi connectivity index (χ2n) is 10.2. The number of halogens is 2. The Morgan fingerprint density at radius 2 is 1.53 bits per heavy atom. The van der Waals surface area contributed by atoms with E-state index in [1.807, 2.05) is 12.1 Å². The zero-order chi connectivity index (χ0) is 24.9. The molecule has 5 rings (SSSR count). The van der Waals surface area contributed by atoms with Gasteiger partial charge in [-0.15, -0.1) is 0 Å². The molecule has 190 valence electrons. The summed E-state index contributed by atoms with van der Waals surface area (Å²) in [6.07, 6.45) is 8.42. The second kappa shape index (κ2) is 11.3. The molecule has 36 heavy (non-hydrogen) atoms. The molecule has 1 unspecified atom stereocenters. The Kier molecular flexibility index (Phi) is 7.75. The Morgan fingerprint density at radius 1 is 0.889 bits per heavy atom. The molecule has 1 aromatic heterocycles. The van der Waals surface area contributed by atoms with E-state index in [4.69, 9.17) is 5.73 Å². The first-order valence-corrected chi connectivity index (χ1v) is 13.2. The van der Waals surface area contributed by atoms with Crippen molar-refractivity contribution in [3.05, 3.63) is 72.1 Å². The van der Waals surface area contributed by atoms with Crippen LogP contribution in [0.5, 0.6) is 0 Å². The summed E-state index contributed by atoms with van der Waals surface area (Å²) in [5.41, 5.74) is 9.10. The Labute approximate surface area is 212 Å². The summed E-state index contributed by atoms with van der Waals surface area (Å²) in [4.78, 5) is 11.1. The maximum Gasteiger partial charge on any atom is 0.142 e. The van der Waals surface area contributed by atoms with Gasteiger partial charge in [0.05, 0.1) is 5.56 Å². The van der Waals surface area contributed by atoms with Gasteiger partial charge < -0.3 is 16.0 Å². The van der Waals surface area contributed by atoms with E-state index in [1.54, 1.807) is 24.3 Å². The lowest BCUT2D eigenvalue weighted by molar-refractivity contribution is 0.284. The summed E-state index contributed by atoms with van der Waals surface area (Å²) in [5.74, 6) is 2.47. The zero-order valence-corrected chi connectivity index (χ0v) is 20.7. The van der Waals surface area contributed by atoms with Crippen LogP contribution in [0.3, 0.4) is 0 Å². The summed E-state index contributed by atoms with van der Waals surface area (Å²) < 4.78 is 27.2. The number of nitrogens with one attached hydrogen (secondary N) is 1. The zero-order valence-electron chi connectivity index (χ0n) is 20.7. The van der Waals surface area contributed by atoms with Gasteiger partial charge in [-0.2, -0.15) is 0 Å². The minimum Gasteiger partial charge on any atom is -0.383 e. The highest BCUT2D eigenvalue weighted by atomic mass is 19.1. The Balaban J connectivity index is 1.32. The van der Waals surface area contributed by atoms with Crippen LogP contribution < -0.4 is 16.0 Å².